The molecule has 0 amide bonds. The lowest BCUT2D eigenvalue weighted by Gasteiger charge is -2.07. The number of aromatic nitrogens is 3. The highest BCUT2D eigenvalue weighted by atomic mass is 35.5. The van der Waals surface area contributed by atoms with Crippen LogP contribution in [0.25, 0.3) is 11.0 Å². The van der Waals surface area contributed by atoms with E-state index in [4.69, 9.17) is 15.5 Å². The van der Waals surface area contributed by atoms with Crippen LogP contribution >= 0.6 is 37.2 Å². The highest BCUT2D eigenvalue weighted by molar-refractivity contribution is 5.86. The standard InChI is InChI=1S/C19H20N4O.3ClH/c1-24-13-12-23-18-8-6-15(5-7-16-4-2-3-11-21-16)14-17(18)22-19(23)9-10-20;;;/h2-4,6,8,11,14H,9-10,12-13,20H2,1H3;3*1H. The number of ether oxygens (including phenoxy) is 1. The summed E-state index contributed by atoms with van der Waals surface area (Å²) in [5.74, 6) is 7.20. The third-order valence-electron chi connectivity index (χ3n) is 3.71. The zero-order valence-corrected chi connectivity index (χ0v) is 17.4. The summed E-state index contributed by atoms with van der Waals surface area (Å²) in [7, 11) is 1.70. The molecule has 2 aromatic heterocycles. The van der Waals surface area contributed by atoms with Crippen molar-refractivity contribution in [1.29, 1.82) is 0 Å². The normalized spacial score (nSPS) is 9.41. The van der Waals surface area contributed by atoms with Crippen molar-refractivity contribution in [3.8, 4) is 11.8 Å². The summed E-state index contributed by atoms with van der Waals surface area (Å²) < 4.78 is 7.37. The lowest BCUT2D eigenvalue weighted by Crippen LogP contribution is -2.12. The molecule has 0 spiro atoms. The van der Waals surface area contributed by atoms with Crippen molar-refractivity contribution in [3.05, 3.63) is 59.7 Å². The Labute approximate surface area is 177 Å². The molecule has 0 aliphatic heterocycles. The number of methoxy groups -OCH3 is 1. The zero-order chi connectivity index (χ0) is 16.8. The summed E-state index contributed by atoms with van der Waals surface area (Å²) in [6, 6.07) is 11.8. The maximum Gasteiger partial charge on any atom is 0.113 e. The van der Waals surface area contributed by atoms with Crippen LogP contribution in [-0.2, 0) is 17.7 Å². The van der Waals surface area contributed by atoms with Crippen molar-refractivity contribution < 1.29 is 4.74 Å². The van der Waals surface area contributed by atoms with Gasteiger partial charge in [0, 0.05) is 31.8 Å². The Morgan fingerprint density at radius 2 is 1.93 bits per heavy atom. The predicted octanol–water partition coefficient (Wildman–Crippen LogP) is 3.24. The van der Waals surface area contributed by atoms with E-state index in [1.165, 1.54) is 0 Å². The highest BCUT2D eigenvalue weighted by Crippen LogP contribution is 2.18. The van der Waals surface area contributed by atoms with Crippen molar-refractivity contribution >= 4 is 48.3 Å². The molecular weight excluding hydrogens is 407 g/mol. The molecule has 2 N–H and O–H groups in total. The van der Waals surface area contributed by atoms with E-state index in [-0.39, 0.29) is 37.2 Å². The van der Waals surface area contributed by atoms with Gasteiger partial charge in [-0.05, 0) is 42.8 Å². The third-order valence-corrected chi connectivity index (χ3v) is 3.71. The SMILES string of the molecule is COCCn1c(CCN)nc2cc(C#Cc3ccccn3)ccc21.Cl.Cl.Cl. The Bertz CT molecular complexity index is 888. The van der Waals surface area contributed by atoms with E-state index in [2.05, 4.69) is 27.5 Å². The number of benzene rings is 1. The van der Waals surface area contributed by atoms with Crippen molar-refractivity contribution in [2.45, 2.75) is 13.0 Å². The summed E-state index contributed by atoms with van der Waals surface area (Å²) in [5.41, 5.74) is 9.40. The van der Waals surface area contributed by atoms with E-state index < -0.39 is 0 Å². The van der Waals surface area contributed by atoms with Crippen molar-refractivity contribution in [2.24, 2.45) is 5.73 Å². The van der Waals surface area contributed by atoms with Crippen molar-refractivity contribution in [1.82, 2.24) is 14.5 Å². The van der Waals surface area contributed by atoms with E-state index in [1.54, 1.807) is 13.3 Å². The summed E-state index contributed by atoms with van der Waals surface area (Å²) >= 11 is 0. The van der Waals surface area contributed by atoms with Crippen molar-refractivity contribution in [2.75, 3.05) is 20.3 Å². The fraction of sp³-hybridized carbons (Fsp3) is 0.263. The number of hydrogen-bond donors (Lipinski definition) is 1. The van der Waals surface area contributed by atoms with Crippen LogP contribution in [0.2, 0.25) is 0 Å². The number of imidazole rings is 1. The molecule has 1 aromatic carbocycles. The van der Waals surface area contributed by atoms with Gasteiger partial charge in [-0.1, -0.05) is 12.0 Å². The fourth-order valence-electron chi connectivity index (χ4n) is 2.58. The first-order valence-corrected chi connectivity index (χ1v) is 7.93. The number of pyridine rings is 1. The lowest BCUT2D eigenvalue weighted by atomic mass is 10.2. The van der Waals surface area contributed by atoms with E-state index in [0.29, 0.717) is 13.2 Å². The van der Waals surface area contributed by atoms with E-state index in [9.17, 15) is 0 Å². The Morgan fingerprint density at radius 3 is 2.59 bits per heavy atom. The fourth-order valence-corrected chi connectivity index (χ4v) is 2.58. The van der Waals surface area contributed by atoms with Crippen LogP contribution in [0, 0.1) is 11.8 Å². The van der Waals surface area contributed by atoms with Gasteiger partial charge in [-0.3, -0.25) is 0 Å². The van der Waals surface area contributed by atoms with Gasteiger partial charge >= 0.3 is 0 Å². The van der Waals surface area contributed by atoms with E-state index in [0.717, 1.165) is 41.1 Å². The summed E-state index contributed by atoms with van der Waals surface area (Å²) in [6.07, 6.45) is 2.48. The summed E-state index contributed by atoms with van der Waals surface area (Å²) in [6.45, 7) is 1.98. The van der Waals surface area contributed by atoms with Gasteiger partial charge < -0.3 is 15.0 Å². The lowest BCUT2D eigenvalue weighted by molar-refractivity contribution is 0.187. The molecule has 3 aromatic rings. The minimum Gasteiger partial charge on any atom is -0.383 e. The highest BCUT2D eigenvalue weighted by Gasteiger charge is 2.10. The molecule has 5 nitrogen and oxygen atoms in total. The Hall–Kier alpha value is -1.81. The maximum absolute atomic E-state index is 5.71. The second-order valence-electron chi connectivity index (χ2n) is 5.38. The smallest absolute Gasteiger partial charge is 0.113 e. The van der Waals surface area contributed by atoms with Gasteiger partial charge in [-0.25, -0.2) is 9.97 Å². The number of nitrogens with zero attached hydrogens (tertiary/aromatic N) is 3. The number of fused-ring (bicyclic) bond motifs is 1. The molecule has 27 heavy (non-hydrogen) atoms. The van der Waals surface area contributed by atoms with Crippen LogP contribution in [0.1, 0.15) is 17.1 Å². The molecule has 0 aliphatic carbocycles. The van der Waals surface area contributed by atoms with Crippen LogP contribution in [0.5, 0.6) is 0 Å². The van der Waals surface area contributed by atoms with Crippen LogP contribution in [0.15, 0.2) is 42.6 Å². The molecular formula is C19H23Cl3N4O. The molecule has 2 heterocycles. The monoisotopic (exact) mass is 428 g/mol. The number of hydrogen-bond acceptors (Lipinski definition) is 4. The molecule has 0 saturated heterocycles. The van der Waals surface area contributed by atoms with Crippen LogP contribution < -0.4 is 5.73 Å². The van der Waals surface area contributed by atoms with Gasteiger partial charge in [-0.2, -0.15) is 0 Å². The second kappa shape index (κ2) is 12.6. The molecule has 0 aliphatic rings. The first kappa shape index (κ1) is 25.2. The number of rotatable bonds is 5. The van der Waals surface area contributed by atoms with Crippen LogP contribution in [-0.4, -0.2) is 34.8 Å². The minimum absolute atomic E-state index is 0. The van der Waals surface area contributed by atoms with Gasteiger partial charge in [0.2, 0.25) is 0 Å². The van der Waals surface area contributed by atoms with Gasteiger partial charge in [-0.15, -0.1) is 37.2 Å². The summed E-state index contributed by atoms with van der Waals surface area (Å²) in [4.78, 5) is 8.93. The minimum atomic E-state index is 0. The average molecular weight is 430 g/mol. The maximum atomic E-state index is 5.71. The van der Waals surface area contributed by atoms with E-state index >= 15 is 0 Å². The molecule has 0 unspecified atom stereocenters. The molecule has 0 bridgehead atoms. The van der Waals surface area contributed by atoms with Crippen LogP contribution in [0.4, 0.5) is 0 Å². The van der Waals surface area contributed by atoms with Gasteiger partial charge in [0.1, 0.15) is 11.5 Å². The number of nitrogens with two attached hydrogens (primary N) is 1. The third kappa shape index (κ3) is 6.39. The Balaban J connectivity index is 0.00000225. The molecule has 8 heteroatoms. The molecule has 0 radical (unpaired) electrons. The van der Waals surface area contributed by atoms with Crippen molar-refractivity contribution in [3.63, 3.8) is 0 Å². The Morgan fingerprint density at radius 1 is 1.11 bits per heavy atom. The predicted molar refractivity (Wildman–Crippen MR) is 116 cm³/mol. The van der Waals surface area contributed by atoms with Gasteiger partial charge in [0.05, 0.1) is 17.6 Å². The van der Waals surface area contributed by atoms with E-state index in [1.807, 2.05) is 30.3 Å². The molecule has 0 atom stereocenters. The molecule has 146 valence electrons. The average Bonchev–Trinajstić information content (AvgIpc) is 2.96. The summed E-state index contributed by atoms with van der Waals surface area (Å²) in [5, 5.41) is 0. The van der Waals surface area contributed by atoms with Gasteiger partial charge in [0.15, 0.2) is 0 Å². The first-order valence-electron chi connectivity index (χ1n) is 7.93. The first-order chi connectivity index (χ1) is 11.8. The Kier molecular flexibility index (Phi) is 11.7. The second-order valence-corrected chi connectivity index (χ2v) is 5.38. The topological polar surface area (TPSA) is 66.0 Å². The molecule has 3 rings (SSSR count). The molecule has 0 saturated carbocycles. The van der Waals surface area contributed by atoms with Crippen LogP contribution in [0.3, 0.4) is 0 Å². The quantitative estimate of drug-likeness (QED) is 0.632. The van der Waals surface area contributed by atoms with Gasteiger partial charge in [0.25, 0.3) is 0 Å². The largest absolute Gasteiger partial charge is 0.383 e. The zero-order valence-electron chi connectivity index (χ0n) is 14.9. The number of halogens is 3. The molecule has 0 fully saturated rings.